The van der Waals surface area contributed by atoms with E-state index < -0.39 is 0 Å². The third kappa shape index (κ3) is 3.82. The molecule has 2 aromatic heterocycles. The third-order valence-electron chi connectivity index (χ3n) is 4.64. The first-order valence-corrected chi connectivity index (χ1v) is 8.98. The van der Waals surface area contributed by atoms with E-state index in [1.165, 1.54) is 12.8 Å². The maximum Gasteiger partial charge on any atom is 0.324 e. The van der Waals surface area contributed by atoms with Gasteiger partial charge in [-0.1, -0.05) is 10.3 Å². The highest BCUT2D eigenvalue weighted by Gasteiger charge is 2.30. The van der Waals surface area contributed by atoms with Gasteiger partial charge in [0.05, 0.1) is 6.54 Å². The molecule has 2 aliphatic rings. The smallest absolute Gasteiger partial charge is 0.324 e. The molecule has 2 aromatic rings. The highest BCUT2D eigenvalue weighted by atomic mass is 16.5. The van der Waals surface area contributed by atoms with E-state index in [9.17, 15) is 0 Å². The van der Waals surface area contributed by atoms with E-state index in [1.807, 2.05) is 13.8 Å². The summed E-state index contributed by atoms with van der Waals surface area (Å²) < 4.78 is 16.2. The van der Waals surface area contributed by atoms with Crippen molar-refractivity contribution in [2.75, 3.05) is 37.7 Å². The largest absolute Gasteiger partial charge is 0.371 e. The van der Waals surface area contributed by atoms with Gasteiger partial charge in [-0.05, 0) is 26.7 Å². The number of hydrogen-bond donors (Lipinski definition) is 0. The van der Waals surface area contributed by atoms with Gasteiger partial charge in [-0.3, -0.25) is 4.90 Å². The molecule has 1 unspecified atom stereocenters. The Morgan fingerprint density at radius 2 is 1.92 bits per heavy atom. The lowest BCUT2D eigenvalue weighted by atomic mass is 10.3. The summed E-state index contributed by atoms with van der Waals surface area (Å²) in [5.41, 5.74) is 0. The van der Waals surface area contributed by atoms with Crippen molar-refractivity contribution in [1.82, 2.24) is 25.2 Å². The molecule has 25 heavy (non-hydrogen) atoms. The van der Waals surface area contributed by atoms with Crippen molar-refractivity contribution < 1.29 is 13.8 Å². The molecule has 4 rings (SSSR count). The summed E-state index contributed by atoms with van der Waals surface area (Å²) >= 11 is 0. The quantitative estimate of drug-likeness (QED) is 0.741. The summed E-state index contributed by atoms with van der Waals surface area (Å²) in [5, 5.41) is 8.09. The number of anilines is 1. The number of nitrogens with zero attached hydrogens (tertiary/aromatic N) is 6. The van der Waals surface area contributed by atoms with Crippen LogP contribution < -0.4 is 4.90 Å². The molecule has 0 bridgehead atoms. The molecule has 1 saturated heterocycles. The monoisotopic (exact) mass is 348 g/mol. The Morgan fingerprint density at radius 1 is 1.12 bits per heavy atom. The zero-order valence-corrected chi connectivity index (χ0v) is 14.7. The molecule has 1 aliphatic heterocycles. The van der Waals surface area contributed by atoms with Crippen LogP contribution in [0.15, 0.2) is 9.05 Å². The van der Waals surface area contributed by atoms with Gasteiger partial charge < -0.3 is 18.7 Å². The fraction of sp³-hybridized carbons (Fsp3) is 0.750. The maximum atomic E-state index is 5.49. The van der Waals surface area contributed by atoms with Gasteiger partial charge in [-0.15, -0.1) is 0 Å². The Hall–Kier alpha value is -2.00. The van der Waals surface area contributed by atoms with Crippen LogP contribution in [0.1, 0.15) is 56.3 Å². The topological polar surface area (TPSA) is 93.6 Å². The number of piperazine rings is 1. The van der Waals surface area contributed by atoms with Crippen LogP contribution in [-0.2, 0) is 11.3 Å². The van der Waals surface area contributed by atoms with Gasteiger partial charge in [0.1, 0.15) is 6.10 Å². The number of hydrogen-bond acceptors (Lipinski definition) is 9. The third-order valence-corrected chi connectivity index (χ3v) is 4.64. The molecule has 136 valence electrons. The minimum atomic E-state index is -0.141. The van der Waals surface area contributed by atoms with Gasteiger partial charge in [0.25, 0.3) is 0 Å². The number of ether oxygens (including phenoxy) is 1. The second kappa shape index (κ2) is 7.09. The maximum absolute atomic E-state index is 5.49. The summed E-state index contributed by atoms with van der Waals surface area (Å²) in [4.78, 5) is 13.4. The van der Waals surface area contributed by atoms with Crippen LogP contribution in [0.3, 0.4) is 0 Å². The minimum absolute atomic E-state index is 0.141. The van der Waals surface area contributed by atoms with Crippen molar-refractivity contribution in [3.05, 3.63) is 17.5 Å². The van der Waals surface area contributed by atoms with E-state index in [0.29, 0.717) is 36.8 Å². The first-order chi connectivity index (χ1) is 12.2. The van der Waals surface area contributed by atoms with E-state index in [0.717, 1.165) is 32.0 Å². The Kier molecular flexibility index (Phi) is 4.67. The summed E-state index contributed by atoms with van der Waals surface area (Å²) in [7, 11) is 0. The molecule has 3 heterocycles. The standard InChI is InChI=1S/C16H24N6O3/c1-3-23-11(2)14-17-13(24-19-14)10-21-6-8-22(9-7-21)16-18-15(20-25-16)12-4-5-12/h11-12H,3-10H2,1-2H3. The molecular weight excluding hydrogens is 324 g/mol. The van der Waals surface area contributed by atoms with Crippen LogP contribution in [0.2, 0.25) is 0 Å². The molecule has 1 atom stereocenters. The molecule has 2 fully saturated rings. The number of rotatable bonds is 7. The van der Waals surface area contributed by atoms with Crippen molar-refractivity contribution in [2.45, 2.75) is 45.3 Å². The first kappa shape index (κ1) is 16.5. The molecule has 1 saturated carbocycles. The summed E-state index contributed by atoms with van der Waals surface area (Å²) in [6.07, 6.45) is 2.22. The lowest BCUT2D eigenvalue weighted by Gasteiger charge is -2.32. The highest BCUT2D eigenvalue weighted by molar-refractivity contribution is 5.27. The average molecular weight is 348 g/mol. The molecule has 0 spiro atoms. The van der Waals surface area contributed by atoms with Crippen LogP contribution in [0, 0.1) is 0 Å². The molecule has 0 radical (unpaired) electrons. The zero-order valence-electron chi connectivity index (χ0n) is 14.7. The van der Waals surface area contributed by atoms with Gasteiger partial charge in [-0.2, -0.15) is 9.97 Å². The average Bonchev–Trinajstić information content (AvgIpc) is 3.17. The van der Waals surface area contributed by atoms with Gasteiger partial charge in [0, 0.05) is 38.7 Å². The predicted octanol–water partition coefficient (Wildman–Crippen LogP) is 1.75. The van der Waals surface area contributed by atoms with Gasteiger partial charge in [0.2, 0.25) is 5.89 Å². The van der Waals surface area contributed by atoms with E-state index in [2.05, 4.69) is 30.1 Å². The molecule has 9 nitrogen and oxygen atoms in total. The van der Waals surface area contributed by atoms with Gasteiger partial charge in [-0.25, -0.2) is 0 Å². The van der Waals surface area contributed by atoms with E-state index in [1.54, 1.807) is 0 Å². The summed E-state index contributed by atoms with van der Waals surface area (Å²) in [6.45, 7) is 8.64. The lowest BCUT2D eigenvalue weighted by molar-refractivity contribution is 0.0683. The lowest BCUT2D eigenvalue weighted by Crippen LogP contribution is -2.46. The second-order valence-corrected chi connectivity index (χ2v) is 6.62. The Labute approximate surface area is 146 Å². The van der Waals surface area contributed by atoms with Gasteiger partial charge in [0.15, 0.2) is 11.6 Å². The highest BCUT2D eigenvalue weighted by Crippen LogP contribution is 2.38. The Bertz CT molecular complexity index is 690. The van der Waals surface area contributed by atoms with E-state index >= 15 is 0 Å². The molecular formula is C16H24N6O3. The first-order valence-electron chi connectivity index (χ1n) is 8.98. The normalized spacial score (nSPS) is 20.2. The SMILES string of the molecule is CCOC(C)c1noc(CN2CCN(c3nc(C4CC4)no3)CC2)n1. The van der Waals surface area contributed by atoms with Crippen molar-refractivity contribution in [3.63, 3.8) is 0 Å². The summed E-state index contributed by atoms with van der Waals surface area (Å²) in [5.74, 6) is 2.61. The van der Waals surface area contributed by atoms with Crippen LogP contribution in [0.4, 0.5) is 6.01 Å². The van der Waals surface area contributed by atoms with E-state index in [4.69, 9.17) is 13.8 Å². The summed E-state index contributed by atoms with van der Waals surface area (Å²) in [6, 6.07) is 0.646. The van der Waals surface area contributed by atoms with Crippen LogP contribution >= 0.6 is 0 Å². The molecule has 0 N–H and O–H groups in total. The van der Waals surface area contributed by atoms with Crippen molar-refractivity contribution in [1.29, 1.82) is 0 Å². The van der Waals surface area contributed by atoms with Crippen molar-refractivity contribution >= 4 is 6.01 Å². The van der Waals surface area contributed by atoms with Crippen molar-refractivity contribution in [3.8, 4) is 0 Å². The molecule has 0 aromatic carbocycles. The fourth-order valence-electron chi connectivity index (χ4n) is 2.97. The van der Waals surface area contributed by atoms with Gasteiger partial charge >= 0.3 is 6.01 Å². The molecule has 0 amide bonds. The minimum Gasteiger partial charge on any atom is -0.371 e. The zero-order chi connectivity index (χ0) is 17.2. The van der Waals surface area contributed by atoms with Crippen molar-refractivity contribution in [2.24, 2.45) is 0 Å². The Balaban J connectivity index is 1.28. The Morgan fingerprint density at radius 3 is 2.64 bits per heavy atom. The molecule has 1 aliphatic carbocycles. The van der Waals surface area contributed by atoms with Crippen LogP contribution in [0.5, 0.6) is 0 Å². The second-order valence-electron chi connectivity index (χ2n) is 6.62. The number of aromatic nitrogens is 4. The van der Waals surface area contributed by atoms with Crippen LogP contribution in [-0.4, -0.2) is 58.0 Å². The van der Waals surface area contributed by atoms with E-state index in [-0.39, 0.29) is 6.10 Å². The van der Waals surface area contributed by atoms with Crippen LogP contribution in [0.25, 0.3) is 0 Å². The molecule has 9 heteroatoms. The predicted molar refractivity (Wildman–Crippen MR) is 88.1 cm³/mol. The fourth-order valence-corrected chi connectivity index (χ4v) is 2.97.